The van der Waals surface area contributed by atoms with Crippen molar-refractivity contribution in [3.8, 4) is 0 Å². The third kappa shape index (κ3) is 1.78. The van der Waals surface area contributed by atoms with Crippen LogP contribution in [0.3, 0.4) is 0 Å². The molecule has 0 radical (unpaired) electrons. The van der Waals surface area contributed by atoms with Crippen LogP contribution in [0.1, 0.15) is 20.7 Å². The summed E-state index contributed by atoms with van der Waals surface area (Å²) in [6, 6.07) is 13.1. The zero-order valence-corrected chi connectivity index (χ0v) is 11.5. The van der Waals surface area contributed by atoms with Crippen molar-refractivity contribution in [1.29, 1.82) is 0 Å². The second-order valence-electron chi connectivity index (χ2n) is 4.31. The molecule has 0 fully saturated rings. The summed E-state index contributed by atoms with van der Waals surface area (Å²) < 4.78 is 0.910. The zero-order valence-electron chi connectivity index (χ0n) is 9.89. The molecule has 0 aromatic heterocycles. The fourth-order valence-corrected chi connectivity index (χ4v) is 3.06. The van der Waals surface area contributed by atoms with E-state index in [1.54, 1.807) is 12.1 Å². The van der Waals surface area contributed by atoms with E-state index in [4.69, 9.17) is 0 Å². The standard InChI is InChI=1S/C16H9BrO2/c17-16-12-5-1-3-10(8-18)14(12)7-15-11(9-19)4-2-6-13(15)16/h1-9H. The molecule has 0 saturated carbocycles. The lowest BCUT2D eigenvalue weighted by atomic mass is 9.98. The number of aldehydes is 2. The maximum absolute atomic E-state index is 11.1. The van der Waals surface area contributed by atoms with Gasteiger partial charge in [-0.15, -0.1) is 0 Å². The minimum atomic E-state index is 0.626. The van der Waals surface area contributed by atoms with Crippen molar-refractivity contribution in [3.05, 3.63) is 58.1 Å². The molecular formula is C16H9BrO2. The highest BCUT2D eigenvalue weighted by atomic mass is 79.9. The summed E-state index contributed by atoms with van der Waals surface area (Å²) in [6.45, 7) is 0. The molecule has 0 aliphatic heterocycles. The summed E-state index contributed by atoms with van der Waals surface area (Å²) in [4.78, 5) is 22.3. The largest absolute Gasteiger partial charge is 0.298 e. The molecule has 2 nitrogen and oxygen atoms in total. The van der Waals surface area contributed by atoms with Gasteiger partial charge in [0.25, 0.3) is 0 Å². The predicted molar refractivity (Wildman–Crippen MR) is 79.9 cm³/mol. The van der Waals surface area contributed by atoms with Crippen molar-refractivity contribution in [2.24, 2.45) is 0 Å². The van der Waals surface area contributed by atoms with Crippen LogP contribution in [-0.2, 0) is 0 Å². The lowest BCUT2D eigenvalue weighted by molar-refractivity contribution is 0.111. The maximum Gasteiger partial charge on any atom is 0.150 e. The lowest BCUT2D eigenvalue weighted by Gasteiger charge is -2.09. The van der Waals surface area contributed by atoms with Crippen LogP contribution in [-0.4, -0.2) is 12.6 Å². The van der Waals surface area contributed by atoms with Crippen molar-refractivity contribution < 1.29 is 9.59 Å². The Bertz CT molecular complexity index is 756. The van der Waals surface area contributed by atoms with Gasteiger partial charge in [0.2, 0.25) is 0 Å². The number of carbonyl (C=O) groups excluding carboxylic acids is 2. The van der Waals surface area contributed by atoms with Gasteiger partial charge in [-0.2, -0.15) is 0 Å². The third-order valence-corrected chi connectivity index (χ3v) is 4.15. The molecule has 0 amide bonds. The van der Waals surface area contributed by atoms with Crippen LogP contribution >= 0.6 is 15.9 Å². The molecule has 3 rings (SSSR count). The number of rotatable bonds is 2. The Morgan fingerprint density at radius 1 is 0.737 bits per heavy atom. The van der Waals surface area contributed by atoms with E-state index in [0.717, 1.165) is 38.6 Å². The lowest BCUT2D eigenvalue weighted by Crippen LogP contribution is -1.89. The molecular weight excluding hydrogens is 304 g/mol. The maximum atomic E-state index is 11.1. The van der Waals surface area contributed by atoms with Crippen molar-refractivity contribution in [2.75, 3.05) is 0 Å². The van der Waals surface area contributed by atoms with Crippen molar-refractivity contribution in [1.82, 2.24) is 0 Å². The van der Waals surface area contributed by atoms with Gasteiger partial charge in [0.1, 0.15) is 0 Å². The van der Waals surface area contributed by atoms with Crippen LogP contribution in [0.5, 0.6) is 0 Å². The Hall–Kier alpha value is -2.00. The van der Waals surface area contributed by atoms with Gasteiger partial charge in [0.15, 0.2) is 12.6 Å². The van der Waals surface area contributed by atoms with Crippen LogP contribution in [0.4, 0.5) is 0 Å². The summed E-state index contributed by atoms with van der Waals surface area (Å²) in [7, 11) is 0. The molecule has 0 heterocycles. The first kappa shape index (κ1) is 12.1. The molecule has 0 aliphatic rings. The monoisotopic (exact) mass is 312 g/mol. The molecule has 3 aromatic rings. The Morgan fingerprint density at radius 2 is 1.21 bits per heavy atom. The molecule has 0 aliphatic carbocycles. The minimum absolute atomic E-state index is 0.626. The molecule has 0 saturated heterocycles. The molecule has 0 bridgehead atoms. The number of hydrogen-bond donors (Lipinski definition) is 0. The second-order valence-corrected chi connectivity index (χ2v) is 5.10. The van der Waals surface area contributed by atoms with Crippen molar-refractivity contribution >= 4 is 50.0 Å². The van der Waals surface area contributed by atoms with Gasteiger partial charge in [-0.3, -0.25) is 9.59 Å². The highest BCUT2D eigenvalue weighted by molar-refractivity contribution is 9.10. The Morgan fingerprint density at radius 3 is 1.63 bits per heavy atom. The Labute approximate surface area is 118 Å². The van der Waals surface area contributed by atoms with Gasteiger partial charge in [0.05, 0.1) is 0 Å². The van der Waals surface area contributed by atoms with Gasteiger partial charge in [-0.05, 0) is 43.5 Å². The Balaban J connectivity index is 2.60. The SMILES string of the molecule is O=Cc1cccc2c(Br)c3cccc(C=O)c3cc12. The molecule has 19 heavy (non-hydrogen) atoms. The first-order valence-electron chi connectivity index (χ1n) is 5.80. The number of fused-ring (bicyclic) bond motifs is 2. The average Bonchev–Trinajstić information content (AvgIpc) is 2.46. The quantitative estimate of drug-likeness (QED) is 0.520. The summed E-state index contributed by atoms with van der Waals surface area (Å²) in [5, 5.41) is 3.65. The normalized spacial score (nSPS) is 10.8. The van der Waals surface area contributed by atoms with E-state index in [1.807, 2.05) is 30.3 Å². The molecule has 0 N–H and O–H groups in total. The number of hydrogen-bond acceptors (Lipinski definition) is 2. The summed E-state index contributed by atoms with van der Waals surface area (Å²) >= 11 is 3.58. The van der Waals surface area contributed by atoms with Gasteiger partial charge in [-0.1, -0.05) is 36.4 Å². The van der Waals surface area contributed by atoms with E-state index in [-0.39, 0.29) is 0 Å². The third-order valence-electron chi connectivity index (χ3n) is 3.30. The summed E-state index contributed by atoms with van der Waals surface area (Å²) in [5.74, 6) is 0. The van der Waals surface area contributed by atoms with Crippen molar-refractivity contribution in [2.45, 2.75) is 0 Å². The van der Waals surface area contributed by atoms with Crippen LogP contribution < -0.4 is 0 Å². The van der Waals surface area contributed by atoms with E-state index in [9.17, 15) is 9.59 Å². The highest BCUT2D eigenvalue weighted by Gasteiger charge is 2.10. The fourth-order valence-electron chi connectivity index (χ4n) is 2.37. The van der Waals surface area contributed by atoms with Gasteiger partial charge >= 0.3 is 0 Å². The van der Waals surface area contributed by atoms with E-state index in [1.165, 1.54) is 0 Å². The van der Waals surface area contributed by atoms with E-state index < -0.39 is 0 Å². The smallest absolute Gasteiger partial charge is 0.150 e. The van der Waals surface area contributed by atoms with Crippen LogP contribution in [0, 0.1) is 0 Å². The topological polar surface area (TPSA) is 34.1 Å². The van der Waals surface area contributed by atoms with Crippen LogP contribution in [0.2, 0.25) is 0 Å². The molecule has 3 aromatic carbocycles. The van der Waals surface area contributed by atoms with E-state index in [0.29, 0.717) is 11.1 Å². The van der Waals surface area contributed by atoms with E-state index >= 15 is 0 Å². The fraction of sp³-hybridized carbons (Fsp3) is 0. The zero-order chi connectivity index (χ0) is 13.4. The number of carbonyl (C=O) groups is 2. The van der Waals surface area contributed by atoms with Crippen molar-refractivity contribution in [3.63, 3.8) is 0 Å². The number of benzene rings is 3. The molecule has 0 spiro atoms. The van der Waals surface area contributed by atoms with E-state index in [2.05, 4.69) is 15.9 Å². The number of halogens is 1. The second kappa shape index (κ2) is 4.59. The van der Waals surface area contributed by atoms with Gasteiger partial charge in [-0.25, -0.2) is 0 Å². The predicted octanol–water partition coefficient (Wildman–Crippen LogP) is 4.38. The highest BCUT2D eigenvalue weighted by Crippen LogP contribution is 2.35. The van der Waals surface area contributed by atoms with Crippen LogP contribution in [0.25, 0.3) is 21.5 Å². The van der Waals surface area contributed by atoms with Gasteiger partial charge in [0, 0.05) is 15.6 Å². The summed E-state index contributed by atoms with van der Waals surface area (Å²) in [5.41, 5.74) is 1.25. The minimum Gasteiger partial charge on any atom is -0.298 e. The van der Waals surface area contributed by atoms with Crippen LogP contribution in [0.15, 0.2) is 46.9 Å². The molecule has 0 atom stereocenters. The first-order valence-corrected chi connectivity index (χ1v) is 6.60. The molecule has 92 valence electrons. The average molecular weight is 313 g/mol. The Kier molecular flexibility index (Phi) is 2.91. The van der Waals surface area contributed by atoms with Gasteiger partial charge < -0.3 is 0 Å². The molecule has 0 unspecified atom stereocenters. The molecule has 3 heteroatoms. The first-order chi connectivity index (χ1) is 9.26. The summed E-state index contributed by atoms with van der Waals surface area (Å²) in [6.07, 6.45) is 1.67.